The average molecular weight is 254 g/mol. The van der Waals surface area contributed by atoms with Gasteiger partial charge >= 0.3 is 0 Å². The number of phenolic OH excluding ortho intramolecular Hbond substituents is 1. The fraction of sp³-hybridized carbons (Fsp3) is 0.143. The maximum atomic E-state index is 12.9. The van der Waals surface area contributed by atoms with Crippen LogP contribution in [0.5, 0.6) is 5.75 Å². The van der Waals surface area contributed by atoms with Gasteiger partial charge in [0.2, 0.25) is 0 Å². The number of rotatable bonds is 2. The van der Waals surface area contributed by atoms with Gasteiger partial charge in [-0.25, -0.2) is 14.7 Å². The molecule has 6 heteroatoms. The number of phenols is 1. The van der Waals surface area contributed by atoms with Crippen LogP contribution >= 0.6 is 15.9 Å². The fourth-order valence-corrected chi connectivity index (χ4v) is 1.29. The van der Waals surface area contributed by atoms with E-state index in [1.807, 2.05) is 0 Å². The molecule has 0 radical (unpaired) electrons. The number of hydrogen-bond donors (Lipinski definition) is 2. The molecule has 0 fully saturated rings. The van der Waals surface area contributed by atoms with Gasteiger partial charge in [-0.2, -0.15) is 0 Å². The zero-order chi connectivity index (χ0) is 10.0. The zero-order valence-corrected chi connectivity index (χ0v) is 7.94. The average Bonchev–Trinajstić information content (AvgIpc) is 2.09. The summed E-state index contributed by atoms with van der Waals surface area (Å²) in [7, 11) is 0. The van der Waals surface area contributed by atoms with Gasteiger partial charge in [0, 0.05) is 0 Å². The zero-order valence-electron chi connectivity index (χ0n) is 6.35. The van der Waals surface area contributed by atoms with Crippen LogP contribution < -0.4 is 5.90 Å². The van der Waals surface area contributed by atoms with Crippen molar-refractivity contribution in [3.63, 3.8) is 0 Å². The molecule has 0 aliphatic carbocycles. The molecule has 0 aliphatic rings. The minimum absolute atomic E-state index is 0.0541. The summed E-state index contributed by atoms with van der Waals surface area (Å²) in [6.45, 7) is -0.395. The third-order valence-corrected chi connectivity index (χ3v) is 2.07. The molecule has 0 aliphatic heterocycles. The Morgan fingerprint density at radius 2 is 2.15 bits per heavy atom. The molecule has 72 valence electrons. The van der Waals surface area contributed by atoms with Gasteiger partial charge in [0.25, 0.3) is 0 Å². The molecule has 1 aromatic rings. The van der Waals surface area contributed by atoms with E-state index >= 15 is 0 Å². The second-order valence-corrected chi connectivity index (χ2v) is 3.15. The summed E-state index contributed by atoms with van der Waals surface area (Å²) >= 11 is 2.85. The van der Waals surface area contributed by atoms with Crippen molar-refractivity contribution in [2.75, 3.05) is 0 Å². The minimum atomic E-state index is -1.16. The van der Waals surface area contributed by atoms with Crippen LogP contribution in [0.1, 0.15) is 5.56 Å². The van der Waals surface area contributed by atoms with Gasteiger partial charge in [-0.1, -0.05) is 0 Å². The lowest BCUT2D eigenvalue weighted by atomic mass is 10.2. The monoisotopic (exact) mass is 253 g/mol. The van der Waals surface area contributed by atoms with Gasteiger partial charge in [-0.05, 0) is 22.0 Å². The molecule has 0 heterocycles. The Morgan fingerprint density at radius 1 is 1.54 bits per heavy atom. The van der Waals surface area contributed by atoms with Gasteiger partial charge < -0.3 is 5.11 Å². The summed E-state index contributed by atoms with van der Waals surface area (Å²) in [6.07, 6.45) is 0. The van der Waals surface area contributed by atoms with E-state index in [1.54, 1.807) is 0 Å². The van der Waals surface area contributed by atoms with Crippen LogP contribution in [-0.2, 0) is 11.4 Å². The van der Waals surface area contributed by atoms with Crippen LogP contribution in [0.2, 0.25) is 0 Å². The van der Waals surface area contributed by atoms with Crippen LogP contribution in [0.15, 0.2) is 10.5 Å². The molecule has 1 aromatic carbocycles. The number of nitrogens with two attached hydrogens (primary N) is 1. The Morgan fingerprint density at radius 3 is 2.69 bits per heavy atom. The molecule has 0 aromatic heterocycles. The summed E-state index contributed by atoms with van der Waals surface area (Å²) < 4.78 is 25.7. The normalized spacial score (nSPS) is 10.5. The molecular weight excluding hydrogens is 248 g/mol. The predicted molar refractivity (Wildman–Crippen MR) is 44.7 cm³/mol. The largest absolute Gasteiger partial charge is 0.506 e. The molecular formula is C7H6BrF2NO2. The van der Waals surface area contributed by atoms with E-state index in [2.05, 4.69) is 26.7 Å². The second-order valence-electron chi connectivity index (χ2n) is 2.29. The fourth-order valence-electron chi connectivity index (χ4n) is 0.850. The topological polar surface area (TPSA) is 55.5 Å². The highest BCUT2D eigenvalue weighted by Crippen LogP contribution is 2.31. The van der Waals surface area contributed by atoms with Crippen molar-refractivity contribution in [1.82, 2.24) is 0 Å². The number of halogens is 3. The Kier molecular flexibility index (Phi) is 3.18. The summed E-state index contributed by atoms with van der Waals surface area (Å²) in [5, 5.41) is 9.24. The molecule has 0 spiro atoms. The summed E-state index contributed by atoms with van der Waals surface area (Å²) in [5.41, 5.74) is -0.311. The van der Waals surface area contributed by atoms with E-state index in [9.17, 15) is 13.9 Å². The van der Waals surface area contributed by atoms with Gasteiger partial charge in [-0.3, -0.25) is 4.84 Å². The smallest absolute Gasteiger partial charge is 0.168 e. The quantitative estimate of drug-likeness (QED) is 0.625. The highest BCUT2D eigenvalue weighted by molar-refractivity contribution is 9.10. The molecule has 0 saturated heterocycles. The Balaban J connectivity index is 3.28. The highest BCUT2D eigenvalue weighted by Gasteiger charge is 2.16. The first-order valence-corrected chi connectivity index (χ1v) is 4.04. The Bertz CT molecular complexity index is 307. The third-order valence-electron chi connectivity index (χ3n) is 1.47. The van der Waals surface area contributed by atoms with Crippen molar-refractivity contribution < 1.29 is 18.7 Å². The first kappa shape index (κ1) is 10.4. The van der Waals surface area contributed by atoms with Gasteiger partial charge in [0.15, 0.2) is 11.6 Å². The van der Waals surface area contributed by atoms with E-state index in [1.165, 1.54) is 0 Å². The Hall–Kier alpha value is -0.720. The molecule has 3 N–H and O–H groups in total. The van der Waals surface area contributed by atoms with E-state index in [0.29, 0.717) is 0 Å². The molecule has 0 atom stereocenters. The molecule has 0 bridgehead atoms. The molecule has 1 rings (SSSR count). The van der Waals surface area contributed by atoms with E-state index in [0.717, 1.165) is 6.07 Å². The standard InChI is InChI=1S/C7H6BrF2NO2/c8-4-1-5(9)6(10)3(2-13-11)7(4)12/h1,12H,2,11H2. The number of hydrogen-bond acceptors (Lipinski definition) is 3. The first-order chi connectivity index (χ1) is 6.07. The van der Waals surface area contributed by atoms with Crippen molar-refractivity contribution in [2.24, 2.45) is 5.90 Å². The van der Waals surface area contributed by atoms with Crippen LogP contribution in [0.4, 0.5) is 8.78 Å². The lowest BCUT2D eigenvalue weighted by Gasteiger charge is -2.06. The maximum absolute atomic E-state index is 12.9. The maximum Gasteiger partial charge on any atom is 0.168 e. The van der Waals surface area contributed by atoms with Crippen molar-refractivity contribution >= 4 is 15.9 Å². The Labute approximate surface area is 81.2 Å². The molecule has 0 saturated carbocycles. The van der Waals surface area contributed by atoms with Crippen LogP contribution in [0.25, 0.3) is 0 Å². The summed E-state index contributed by atoms with van der Waals surface area (Å²) in [4.78, 5) is 4.11. The second kappa shape index (κ2) is 3.99. The van der Waals surface area contributed by atoms with E-state index in [4.69, 9.17) is 0 Å². The van der Waals surface area contributed by atoms with Crippen molar-refractivity contribution in [2.45, 2.75) is 6.61 Å². The van der Waals surface area contributed by atoms with Crippen molar-refractivity contribution in [3.05, 3.63) is 27.7 Å². The third kappa shape index (κ3) is 1.96. The van der Waals surface area contributed by atoms with Crippen molar-refractivity contribution in [1.29, 1.82) is 0 Å². The van der Waals surface area contributed by atoms with Crippen LogP contribution in [0, 0.1) is 11.6 Å². The van der Waals surface area contributed by atoms with Crippen LogP contribution in [0.3, 0.4) is 0 Å². The molecule has 0 amide bonds. The van der Waals surface area contributed by atoms with Gasteiger partial charge in [0.05, 0.1) is 16.6 Å². The summed E-state index contributed by atoms with van der Waals surface area (Å²) in [6, 6.07) is 0.824. The summed E-state index contributed by atoms with van der Waals surface area (Å²) in [5.74, 6) is 2.04. The van der Waals surface area contributed by atoms with Crippen LogP contribution in [-0.4, -0.2) is 5.11 Å². The van der Waals surface area contributed by atoms with Gasteiger partial charge in [-0.15, -0.1) is 0 Å². The number of aromatic hydroxyl groups is 1. The molecule has 3 nitrogen and oxygen atoms in total. The number of benzene rings is 1. The first-order valence-electron chi connectivity index (χ1n) is 3.25. The molecule has 13 heavy (non-hydrogen) atoms. The SMILES string of the molecule is NOCc1c(O)c(Br)cc(F)c1F. The lowest BCUT2D eigenvalue weighted by Crippen LogP contribution is -2.03. The lowest BCUT2D eigenvalue weighted by molar-refractivity contribution is 0.118. The van der Waals surface area contributed by atoms with E-state index < -0.39 is 24.0 Å². The predicted octanol–water partition coefficient (Wildman–Crippen LogP) is 1.82. The van der Waals surface area contributed by atoms with Crippen molar-refractivity contribution in [3.8, 4) is 5.75 Å². The molecule has 0 unspecified atom stereocenters. The van der Waals surface area contributed by atoms with Gasteiger partial charge in [0.1, 0.15) is 5.75 Å². The van der Waals surface area contributed by atoms with E-state index in [-0.39, 0.29) is 10.0 Å². The minimum Gasteiger partial charge on any atom is -0.506 e. The highest BCUT2D eigenvalue weighted by atomic mass is 79.9.